The number of rotatable bonds is 5. The van der Waals surface area contributed by atoms with Crippen molar-refractivity contribution in [2.45, 2.75) is 13.1 Å². The van der Waals surface area contributed by atoms with Gasteiger partial charge in [0.05, 0.1) is 11.1 Å². The number of aromatic carboxylic acids is 1. The fourth-order valence-corrected chi connectivity index (χ4v) is 2.64. The lowest BCUT2D eigenvalue weighted by Crippen LogP contribution is -2.45. The van der Waals surface area contributed by atoms with Gasteiger partial charge in [0.25, 0.3) is 17.4 Å². The van der Waals surface area contributed by atoms with Crippen LogP contribution in [0.4, 0.5) is 13.2 Å². The molecule has 3 N–H and O–H groups in total. The number of carboxylic acids is 1. The summed E-state index contributed by atoms with van der Waals surface area (Å²) >= 11 is 0. The van der Waals surface area contributed by atoms with Crippen LogP contribution in [0.15, 0.2) is 35.1 Å². The number of halogens is 3. The average Bonchev–Trinajstić information content (AvgIpc) is 2.66. The SMILES string of the molecule is COCC(=O)N(N)C(=O)c1cc(C(=O)O)c(=O)n(-c2cccc(C(F)(F)F)c2)c1C. The molecule has 0 unspecified atom stereocenters. The van der Waals surface area contributed by atoms with Gasteiger partial charge >= 0.3 is 12.1 Å². The van der Waals surface area contributed by atoms with Gasteiger partial charge in [-0.1, -0.05) is 6.07 Å². The number of amides is 2. The minimum Gasteiger partial charge on any atom is -0.477 e. The van der Waals surface area contributed by atoms with Crippen molar-refractivity contribution in [1.82, 2.24) is 9.58 Å². The van der Waals surface area contributed by atoms with E-state index in [4.69, 9.17) is 5.84 Å². The van der Waals surface area contributed by atoms with Crippen LogP contribution in [0.2, 0.25) is 0 Å². The van der Waals surface area contributed by atoms with Crippen molar-refractivity contribution in [3.8, 4) is 5.69 Å². The molecule has 1 heterocycles. The lowest BCUT2D eigenvalue weighted by molar-refractivity contribution is -0.137. The first-order valence-electron chi connectivity index (χ1n) is 8.18. The van der Waals surface area contributed by atoms with Gasteiger partial charge in [-0.15, -0.1) is 0 Å². The third kappa shape index (κ3) is 4.39. The lowest BCUT2D eigenvalue weighted by Gasteiger charge is -2.19. The Balaban J connectivity index is 2.77. The van der Waals surface area contributed by atoms with Gasteiger partial charge in [-0.25, -0.2) is 15.6 Å². The van der Waals surface area contributed by atoms with E-state index < -0.39 is 52.8 Å². The number of carboxylic acid groups (broad SMARTS) is 1. The summed E-state index contributed by atoms with van der Waals surface area (Å²) in [5.41, 5.74) is -4.14. The number of methoxy groups -OCH3 is 1. The zero-order chi connectivity index (χ0) is 22.8. The summed E-state index contributed by atoms with van der Waals surface area (Å²) in [6.07, 6.45) is -4.72. The molecule has 0 aliphatic rings. The average molecular weight is 427 g/mol. The number of aromatic nitrogens is 1. The maximum Gasteiger partial charge on any atom is 0.416 e. The fraction of sp³-hybridized carbons (Fsp3) is 0.222. The van der Waals surface area contributed by atoms with E-state index >= 15 is 0 Å². The van der Waals surface area contributed by atoms with Crippen LogP contribution < -0.4 is 11.4 Å². The first-order valence-corrected chi connectivity index (χ1v) is 8.18. The van der Waals surface area contributed by atoms with Gasteiger partial charge in [0.15, 0.2) is 0 Å². The Bertz CT molecular complexity index is 1080. The molecule has 0 spiro atoms. The Morgan fingerprint density at radius 2 is 1.83 bits per heavy atom. The molecule has 2 aromatic rings. The molecule has 0 fully saturated rings. The van der Waals surface area contributed by atoms with Gasteiger partial charge < -0.3 is 9.84 Å². The van der Waals surface area contributed by atoms with Gasteiger partial charge in [0.2, 0.25) is 0 Å². The van der Waals surface area contributed by atoms with Crippen LogP contribution in [0.3, 0.4) is 0 Å². The standard InChI is InChI=1S/C18H16F3N3O6/c1-9-12(16(27)24(22)14(25)8-30-2)7-13(17(28)29)15(26)23(9)11-5-3-4-10(6-11)18(19,20)21/h3-7H,8,22H2,1-2H3,(H,28,29). The van der Waals surface area contributed by atoms with Crippen molar-refractivity contribution in [3.63, 3.8) is 0 Å². The van der Waals surface area contributed by atoms with Crippen molar-refractivity contribution in [1.29, 1.82) is 0 Å². The Hall–Kier alpha value is -3.51. The Labute approximate surface area is 167 Å². The van der Waals surface area contributed by atoms with Gasteiger partial charge in [-0.2, -0.15) is 13.2 Å². The molecule has 0 saturated heterocycles. The zero-order valence-corrected chi connectivity index (χ0v) is 15.7. The predicted molar refractivity (Wildman–Crippen MR) is 96.0 cm³/mol. The molecule has 1 aromatic heterocycles. The molecule has 2 rings (SSSR count). The van der Waals surface area contributed by atoms with Crippen molar-refractivity contribution in [2.75, 3.05) is 13.7 Å². The maximum atomic E-state index is 13.1. The fourth-order valence-electron chi connectivity index (χ4n) is 2.64. The summed E-state index contributed by atoms with van der Waals surface area (Å²) in [5.74, 6) is 1.60. The molecule has 160 valence electrons. The second-order valence-corrected chi connectivity index (χ2v) is 6.05. The monoisotopic (exact) mass is 427 g/mol. The molecule has 30 heavy (non-hydrogen) atoms. The topological polar surface area (TPSA) is 132 Å². The maximum absolute atomic E-state index is 13.1. The van der Waals surface area contributed by atoms with E-state index in [1.807, 2.05) is 0 Å². The van der Waals surface area contributed by atoms with E-state index in [2.05, 4.69) is 4.74 Å². The molecule has 0 aliphatic carbocycles. The second kappa shape index (κ2) is 8.47. The van der Waals surface area contributed by atoms with E-state index in [1.165, 1.54) is 14.0 Å². The Morgan fingerprint density at radius 3 is 2.37 bits per heavy atom. The summed E-state index contributed by atoms with van der Waals surface area (Å²) in [7, 11) is 1.18. The van der Waals surface area contributed by atoms with Crippen molar-refractivity contribution >= 4 is 17.8 Å². The molecule has 0 atom stereocenters. The number of hydrogen-bond acceptors (Lipinski definition) is 6. The molecule has 0 bridgehead atoms. The second-order valence-electron chi connectivity index (χ2n) is 6.05. The number of carbonyl (C=O) groups excluding carboxylic acids is 2. The predicted octanol–water partition coefficient (Wildman–Crippen LogP) is 1.35. The van der Waals surface area contributed by atoms with Crippen LogP contribution in [0.25, 0.3) is 5.69 Å². The molecule has 9 nitrogen and oxygen atoms in total. The van der Waals surface area contributed by atoms with E-state index in [1.54, 1.807) is 0 Å². The highest BCUT2D eigenvalue weighted by Crippen LogP contribution is 2.30. The summed E-state index contributed by atoms with van der Waals surface area (Å²) < 4.78 is 44.4. The van der Waals surface area contributed by atoms with E-state index in [-0.39, 0.29) is 16.4 Å². The molecular weight excluding hydrogens is 411 g/mol. The highest BCUT2D eigenvalue weighted by atomic mass is 19.4. The number of alkyl halides is 3. The molecule has 0 aliphatic heterocycles. The zero-order valence-electron chi connectivity index (χ0n) is 15.7. The minimum atomic E-state index is -4.72. The number of hydrogen-bond donors (Lipinski definition) is 2. The summed E-state index contributed by atoms with van der Waals surface area (Å²) in [5, 5.41) is 9.48. The lowest BCUT2D eigenvalue weighted by atomic mass is 10.1. The largest absolute Gasteiger partial charge is 0.477 e. The first kappa shape index (κ1) is 22.8. The van der Waals surface area contributed by atoms with Crippen molar-refractivity contribution in [3.05, 3.63) is 63.1 Å². The normalized spacial score (nSPS) is 11.3. The summed E-state index contributed by atoms with van der Waals surface area (Å²) in [6.45, 7) is 0.648. The summed E-state index contributed by atoms with van der Waals surface area (Å²) in [4.78, 5) is 48.5. The van der Waals surface area contributed by atoms with Crippen LogP contribution >= 0.6 is 0 Å². The molecule has 2 amide bonds. The molecular formula is C18H16F3N3O6. The van der Waals surface area contributed by atoms with Crippen LogP contribution in [0.5, 0.6) is 0 Å². The number of imide groups is 1. The van der Waals surface area contributed by atoms with E-state index in [9.17, 15) is 37.5 Å². The van der Waals surface area contributed by atoms with Crippen molar-refractivity contribution < 1.29 is 37.4 Å². The Morgan fingerprint density at radius 1 is 1.20 bits per heavy atom. The first-order chi connectivity index (χ1) is 13.9. The van der Waals surface area contributed by atoms with Crippen LogP contribution in [-0.2, 0) is 15.7 Å². The number of hydrazine groups is 1. The highest BCUT2D eigenvalue weighted by Gasteiger charge is 2.31. The van der Waals surface area contributed by atoms with E-state index in [0.717, 1.165) is 18.2 Å². The number of ether oxygens (including phenoxy) is 1. The highest BCUT2D eigenvalue weighted by molar-refractivity contribution is 6.06. The third-order valence-electron chi connectivity index (χ3n) is 4.10. The number of carbonyl (C=O) groups is 3. The Kier molecular flexibility index (Phi) is 6.43. The van der Waals surface area contributed by atoms with Gasteiger partial charge in [0.1, 0.15) is 12.2 Å². The number of pyridine rings is 1. The van der Waals surface area contributed by atoms with Gasteiger partial charge in [-0.3, -0.25) is 19.0 Å². The van der Waals surface area contributed by atoms with Crippen LogP contribution in [0, 0.1) is 6.92 Å². The quantitative estimate of drug-likeness (QED) is 0.418. The number of nitrogens with zero attached hydrogens (tertiary/aromatic N) is 2. The molecule has 12 heteroatoms. The van der Waals surface area contributed by atoms with Gasteiger partial charge in [0, 0.05) is 18.5 Å². The smallest absolute Gasteiger partial charge is 0.416 e. The van der Waals surface area contributed by atoms with E-state index in [0.29, 0.717) is 16.7 Å². The van der Waals surface area contributed by atoms with Crippen LogP contribution in [-0.4, -0.2) is 46.2 Å². The molecule has 1 aromatic carbocycles. The number of nitrogens with two attached hydrogens (primary N) is 1. The molecule has 0 radical (unpaired) electrons. The number of benzene rings is 1. The summed E-state index contributed by atoms with van der Waals surface area (Å²) in [6, 6.07) is 4.27. The van der Waals surface area contributed by atoms with Gasteiger partial charge in [-0.05, 0) is 31.2 Å². The van der Waals surface area contributed by atoms with Crippen LogP contribution in [0.1, 0.15) is 32.0 Å². The minimum absolute atomic E-state index is 0.165. The van der Waals surface area contributed by atoms with Crippen molar-refractivity contribution in [2.24, 2.45) is 5.84 Å². The molecule has 0 saturated carbocycles. The third-order valence-corrected chi connectivity index (χ3v) is 4.10.